The summed E-state index contributed by atoms with van der Waals surface area (Å²) in [7, 11) is 0. The molecule has 184 valence electrons. The Kier molecular flexibility index (Phi) is 6.13. The van der Waals surface area contributed by atoms with Crippen LogP contribution in [0.3, 0.4) is 0 Å². The van der Waals surface area contributed by atoms with Crippen LogP contribution in [-0.2, 0) is 4.79 Å². The highest BCUT2D eigenvalue weighted by Crippen LogP contribution is 2.55. The van der Waals surface area contributed by atoms with Crippen LogP contribution < -0.4 is 20.1 Å². The normalized spacial score (nSPS) is 28.3. The van der Waals surface area contributed by atoms with E-state index in [1.807, 2.05) is 30.3 Å². The van der Waals surface area contributed by atoms with Gasteiger partial charge >= 0.3 is 0 Å². The Labute approximate surface area is 210 Å². The average molecular weight is 493 g/mol. The summed E-state index contributed by atoms with van der Waals surface area (Å²) in [4.78, 5) is 26.9. The fraction of sp³-hybridized carbons (Fsp3) is 0.500. The Morgan fingerprint density at radius 1 is 0.914 bits per heavy atom. The fourth-order valence-electron chi connectivity index (χ4n) is 6.96. The number of rotatable bonds is 6. The number of amides is 2. The SMILES string of the molecule is O=C(CSc1ccccc1C(=O)Nc1ccc2c(c1)OCCCO2)NC12CC3CC(CC(C3)C1)C2. The minimum atomic E-state index is -0.205. The summed E-state index contributed by atoms with van der Waals surface area (Å²) < 4.78 is 11.4. The number of carbonyl (C=O) groups excluding carboxylic acids is 2. The van der Waals surface area contributed by atoms with E-state index in [4.69, 9.17) is 9.47 Å². The first-order valence-corrected chi connectivity index (χ1v) is 13.8. The van der Waals surface area contributed by atoms with E-state index in [9.17, 15) is 9.59 Å². The molecule has 2 N–H and O–H groups in total. The van der Waals surface area contributed by atoms with Crippen molar-refractivity contribution in [3.8, 4) is 11.5 Å². The Morgan fingerprint density at radius 3 is 2.34 bits per heavy atom. The monoisotopic (exact) mass is 492 g/mol. The molecule has 0 aromatic heterocycles. The van der Waals surface area contributed by atoms with Crippen molar-refractivity contribution in [2.45, 2.75) is 55.4 Å². The van der Waals surface area contributed by atoms with Gasteiger partial charge < -0.3 is 20.1 Å². The van der Waals surface area contributed by atoms with Gasteiger partial charge in [-0.15, -0.1) is 11.8 Å². The first-order valence-electron chi connectivity index (χ1n) is 12.8. The highest BCUT2D eigenvalue weighted by molar-refractivity contribution is 8.00. The van der Waals surface area contributed by atoms with Crippen molar-refractivity contribution in [3.63, 3.8) is 0 Å². The van der Waals surface area contributed by atoms with Crippen LogP contribution in [0.15, 0.2) is 47.4 Å². The van der Waals surface area contributed by atoms with Gasteiger partial charge in [0.05, 0.1) is 24.5 Å². The van der Waals surface area contributed by atoms with Gasteiger partial charge in [0.2, 0.25) is 5.91 Å². The Hall–Kier alpha value is -2.67. The van der Waals surface area contributed by atoms with Gasteiger partial charge in [0.1, 0.15) is 0 Å². The van der Waals surface area contributed by atoms with Crippen LogP contribution in [0.1, 0.15) is 55.3 Å². The zero-order valence-corrected chi connectivity index (χ0v) is 20.7. The average Bonchev–Trinajstić information content (AvgIpc) is 3.07. The summed E-state index contributed by atoms with van der Waals surface area (Å²) in [6.07, 6.45) is 8.33. The topological polar surface area (TPSA) is 76.7 Å². The summed E-state index contributed by atoms with van der Waals surface area (Å²) in [6.45, 7) is 1.22. The highest BCUT2D eigenvalue weighted by Gasteiger charge is 2.51. The van der Waals surface area contributed by atoms with Gasteiger partial charge in [-0.25, -0.2) is 0 Å². The van der Waals surface area contributed by atoms with Crippen molar-refractivity contribution in [3.05, 3.63) is 48.0 Å². The number of ether oxygens (including phenoxy) is 2. The number of hydrogen-bond donors (Lipinski definition) is 2. The number of fused-ring (bicyclic) bond motifs is 1. The van der Waals surface area contributed by atoms with Crippen molar-refractivity contribution in [1.82, 2.24) is 5.32 Å². The van der Waals surface area contributed by atoms with Crippen molar-refractivity contribution in [2.24, 2.45) is 17.8 Å². The Bertz CT molecular complexity index is 1100. The first-order chi connectivity index (χ1) is 17.1. The standard InChI is InChI=1S/C28H32N2O4S/c31-26(30-28-14-18-10-19(15-28)12-20(11-18)16-28)17-35-25-5-2-1-4-22(25)27(32)29-21-6-7-23-24(13-21)34-9-3-8-33-23/h1-2,4-7,13,18-20H,3,8-12,14-17H2,(H,29,32)(H,30,31). The molecule has 1 heterocycles. The number of carbonyl (C=O) groups is 2. The Morgan fingerprint density at radius 2 is 1.60 bits per heavy atom. The third-order valence-electron chi connectivity index (χ3n) is 7.94. The zero-order chi connectivity index (χ0) is 23.8. The maximum atomic E-state index is 13.1. The lowest BCUT2D eigenvalue weighted by atomic mass is 9.53. The van der Waals surface area contributed by atoms with Crippen LogP contribution in [0.5, 0.6) is 11.5 Å². The number of thioether (sulfide) groups is 1. The molecule has 35 heavy (non-hydrogen) atoms. The summed E-state index contributed by atoms with van der Waals surface area (Å²) in [5, 5.41) is 6.40. The van der Waals surface area contributed by atoms with Gasteiger partial charge in [0.15, 0.2) is 11.5 Å². The second kappa shape index (κ2) is 9.41. The summed E-state index contributed by atoms with van der Waals surface area (Å²) in [6, 6.07) is 12.9. The van der Waals surface area contributed by atoms with E-state index in [0.29, 0.717) is 41.7 Å². The zero-order valence-electron chi connectivity index (χ0n) is 19.9. The minimum absolute atomic E-state index is 0.0143. The summed E-state index contributed by atoms with van der Waals surface area (Å²) >= 11 is 1.43. The van der Waals surface area contributed by atoms with Crippen LogP contribution in [0.4, 0.5) is 5.69 Å². The van der Waals surface area contributed by atoms with E-state index in [-0.39, 0.29) is 17.4 Å². The lowest BCUT2D eigenvalue weighted by Crippen LogP contribution is -2.60. The van der Waals surface area contributed by atoms with E-state index >= 15 is 0 Å². The predicted molar refractivity (Wildman–Crippen MR) is 136 cm³/mol. The molecule has 5 aliphatic rings. The molecule has 0 unspecified atom stereocenters. The molecule has 4 bridgehead atoms. The molecule has 2 amide bonds. The van der Waals surface area contributed by atoms with E-state index < -0.39 is 0 Å². The molecule has 0 saturated heterocycles. The van der Waals surface area contributed by atoms with Gasteiger partial charge in [0, 0.05) is 28.6 Å². The van der Waals surface area contributed by atoms with Gasteiger partial charge in [-0.05, 0) is 80.5 Å². The van der Waals surface area contributed by atoms with Crippen molar-refractivity contribution in [1.29, 1.82) is 0 Å². The molecule has 2 aromatic carbocycles. The lowest BCUT2D eigenvalue weighted by molar-refractivity contribution is -0.124. The molecule has 0 radical (unpaired) electrons. The molecule has 4 fully saturated rings. The smallest absolute Gasteiger partial charge is 0.256 e. The van der Waals surface area contributed by atoms with Crippen LogP contribution >= 0.6 is 11.8 Å². The highest BCUT2D eigenvalue weighted by atomic mass is 32.2. The van der Waals surface area contributed by atoms with Crippen LogP contribution in [0.2, 0.25) is 0 Å². The number of benzene rings is 2. The predicted octanol–water partition coefficient (Wildman–Crippen LogP) is 5.28. The third kappa shape index (κ3) is 4.88. The second-order valence-electron chi connectivity index (χ2n) is 10.7. The molecule has 2 aromatic rings. The maximum absolute atomic E-state index is 13.1. The van der Waals surface area contributed by atoms with Gasteiger partial charge in [-0.2, -0.15) is 0 Å². The van der Waals surface area contributed by atoms with Crippen molar-refractivity contribution in [2.75, 3.05) is 24.3 Å². The van der Waals surface area contributed by atoms with Crippen LogP contribution in [0.25, 0.3) is 0 Å². The number of anilines is 1. The molecule has 4 saturated carbocycles. The fourth-order valence-corrected chi connectivity index (χ4v) is 7.81. The van der Waals surface area contributed by atoms with E-state index in [1.54, 1.807) is 12.1 Å². The number of nitrogens with one attached hydrogen (secondary N) is 2. The molecular weight excluding hydrogens is 460 g/mol. The van der Waals surface area contributed by atoms with Gasteiger partial charge in [-0.3, -0.25) is 9.59 Å². The van der Waals surface area contributed by atoms with E-state index in [2.05, 4.69) is 10.6 Å². The lowest BCUT2D eigenvalue weighted by Gasteiger charge is -2.56. The quantitative estimate of drug-likeness (QED) is 0.537. The summed E-state index contributed by atoms with van der Waals surface area (Å²) in [5.74, 6) is 3.91. The molecule has 1 aliphatic heterocycles. The third-order valence-corrected chi connectivity index (χ3v) is 9.01. The minimum Gasteiger partial charge on any atom is -0.490 e. The van der Waals surface area contributed by atoms with Gasteiger partial charge in [0.25, 0.3) is 5.91 Å². The molecular formula is C28H32N2O4S. The van der Waals surface area contributed by atoms with E-state index in [0.717, 1.165) is 48.3 Å². The maximum Gasteiger partial charge on any atom is 0.256 e. The molecule has 0 atom stereocenters. The first kappa shape index (κ1) is 22.8. The Balaban J connectivity index is 1.09. The van der Waals surface area contributed by atoms with Crippen molar-refractivity contribution < 1.29 is 19.1 Å². The molecule has 4 aliphatic carbocycles. The van der Waals surface area contributed by atoms with Crippen LogP contribution in [-0.4, -0.2) is 36.3 Å². The summed E-state index contributed by atoms with van der Waals surface area (Å²) in [5.41, 5.74) is 1.23. The van der Waals surface area contributed by atoms with Crippen molar-refractivity contribution >= 4 is 29.3 Å². The molecule has 7 rings (SSSR count). The largest absolute Gasteiger partial charge is 0.490 e. The second-order valence-corrected chi connectivity index (χ2v) is 11.7. The van der Waals surface area contributed by atoms with Crippen LogP contribution in [0, 0.1) is 17.8 Å². The van der Waals surface area contributed by atoms with E-state index in [1.165, 1.54) is 31.0 Å². The molecule has 7 heteroatoms. The van der Waals surface area contributed by atoms with Gasteiger partial charge in [-0.1, -0.05) is 12.1 Å². The molecule has 0 spiro atoms. The number of hydrogen-bond acceptors (Lipinski definition) is 5. The molecule has 6 nitrogen and oxygen atoms in total.